The van der Waals surface area contributed by atoms with E-state index in [1.54, 1.807) is 0 Å². The van der Waals surface area contributed by atoms with Crippen molar-refractivity contribution in [3.63, 3.8) is 0 Å². The number of hydrogen-bond donors (Lipinski definition) is 3. The number of amides is 1. The van der Waals surface area contributed by atoms with Crippen LogP contribution in [0.15, 0.2) is 64.8 Å². The van der Waals surface area contributed by atoms with E-state index < -0.39 is 0 Å². The third-order valence-electron chi connectivity index (χ3n) is 5.31. The molecule has 1 amide bonds. The molecule has 32 heavy (non-hydrogen) atoms. The predicted octanol–water partition coefficient (Wildman–Crippen LogP) is 5.43. The first-order chi connectivity index (χ1) is 15.6. The van der Waals surface area contributed by atoms with Crippen LogP contribution in [0.1, 0.15) is 22.3 Å². The first-order valence-corrected chi connectivity index (χ1v) is 11.5. The molecule has 3 N–H and O–H groups in total. The highest BCUT2D eigenvalue weighted by Gasteiger charge is 2.19. The van der Waals surface area contributed by atoms with E-state index in [4.69, 9.17) is 16.6 Å². The van der Waals surface area contributed by atoms with Crippen molar-refractivity contribution in [2.75, 3.05) is 17.2 Å². The minimum atomic E-state index is -0.297. The van der Waals surface area contributed by atoms with E-state index in [-0.39, 0.29) is 11.5 Å². The highest BCUT2D eigenvalue weighted by Crippen LogP contribution is 2.31. The molecule has 0 bridgehead atoms. The van der Waals surface area contributed by atoms with Gasteiger partial charge in [0.25, 0.3) is 5.91 Å². The molecule has 0 fully saturated rings. The fourth-order valence-corrected chi connectivity index (χ4v) is 4.72. The number of anilines is 2. The van der Waals surface area contributed by atoms with Crippen LogP contribution in [0.3, 0.4) is 0 Å². The minimum Gasteiger partial charge on any atom is -0.371 e. The molecule has 8 heteroatoms. The molecule has 0 aliphatic carbocycles. The number of halogens is 1. The van der Waals surface area contributed by atoms with Crippen LogP contribution in [0.4, 0.5) is 11.5 Å². The van der Waals surface area contributed by atoms with Gasteiger partial charge in [0, 0.05) is 45.4 Å². The van der Waals surface area contributed by atoms with Gasteiger partial charge in [-0.25, -0.2) is 4.98 Å². The lowest BCUT2D eigenvalue weighted by atomic mass is 10.0. The SMILES string of the molecule is O=C(Nc1cccc(-c2nc(-c3ccc(Cl)cc3)cs2)c1)c1cc(=O)[nH]c2c1CCCN2. The van der Waals surface area contributed by atoms with Crippen LogP contribution < -0.4 is 16.2 Å². The van der Waals surface area contributed by atoms with Gasteiger partial charge < -0.3 is 15.6 Å². The van der Waals surface area contributed by atoms with Gasteiger partial charge in [0.05, 0.1) is 11.3 Å². The number of benzene rings is 2. The number of nitrogens with zero attached hydrogens (tertiary/aromatic N) is 1. The summed E-state index contributed by atoms with van der Waals surface area (Å²) in [6, 6.07) is 16.5. The summed E-state index contributed by atoms with van der Waals surface area (Å²) in [4.78, 5) is 32.5. The van der Waals surface area contributed by atoms with E-state index in [1.165, 1.54) is 17.4 Å². The second-order valence-electron chi connectivity index (χ2n) is 7.51. The summed E-state index contributed by atoms with van der Waals surface area (Å²) in [5.41, 5.74) is 4.37. The van der Waals surface area contributed by atoms with E-state index in [1.807, 2.05) is 53.9 Å². The van der Waals surface area contributed by atoms with Crippen LogP contribution >= 0.6 is 22.9 Å². The summed E-state index contributed by atoms with van der Waals surface area (Å²) in [6.45, 7) is 0.780. The van der Waals surface area contributed by atoms with Gasteiger partial charge in [0.15, 0.2) is 0 Å². The zero-order chi connectivity index (χ0) is 22.1. The predicted molar refractivity (Wildman–Crippen MR) is 130 cm³/mol. The monoisotopic (exact) mass is 462 g/mol. The van der Waals surface area contributed by atoms with Crippen molar-refractivity contribution < 1.29 is 4.79 Å². The second-order valence-corrected chi connectivity index (χ2v) is 8.81. The zero-order valence-corrected chi connectivity index (χ0v) is 18.5. The maximum atomic E-state index is 13.0. The van der Waals surface area contributed by atoms with Crippen molar-refractivity contribution >= 4 is 40.4 Å². The lowest BCUT2D eigenvalue weighted by Gasteiger charge is -2.20. The molecule has 1 aliphatic heterocycles. The summed E-state index contributed by atoms with van der Waals surface area (Å²) >= 11 is 7.51. The molecule has 3 heterocycles. The quantitative estimate of drug-likeness (QED) is 0.377. The van der Waals surface area contributed by atoms with Gasteiger partial charge in [-0.3, -0.25) is 9.59 Å². The summed E-state index contributed by atoms with van der Waals surface area (Å²) in [5, 5.41) is 9.63. The number of aromatic amines is 1. The number of pyridine rings is 1. The van der Waals surface area contributed by atoms with Crippen molar-refractivity contribution in [1.29, 1.82) is 0 Å². The molecular formula is C24H19ClN4O2S. The average Bonchev–Trinajstić information content (AvgIpc) is 3.29. The molecule has 0 unspecified atom stereocenters. The molecule has 0 saturated heterocycles. The molecule has 4 aromatic rings. The Balaban J connectivity index is 1.40. The molecule has 0 radical (unpaired) electrons. The molecule has 6 nitrogen and oxygen atoms in total. The Kier molecular flexibility index (Phi) is 5.51. The summed E-state index contributed by atoms with van der Waals surface area (Å²) in [7, 11) is 0. The Morgan fingerprint density at radius 3 is 2.78 bits per heavy atom. The standard InChI is InChI=1S/C24H19ClN4O2S/c25-16-8-6-14(7-9-16)20-13-32-24(28-20)15-3-1-4-17(11-15)27-23(31)19-12-21(30)29-22-18(19)5-2-10-26-22/h1,3-4,6-9,11-13H,2,5,10H2,(H,27,31)(H2,26,29,30). The van der Waals surface area contributed by atoms with Gasteiger partial charge in [0.2, 0.25) is 5.56 Å². The smallest absolute Gasteiger partial charge is 0.256 e. The van der Waals surface area contributed by atoms with E-state index in [0.29, 0.717) is 22.1 Å². The van der Waals surface area contributed by atoms with Gasteiger partial charge in [-0.1, -0.05) is 35.9 Å². The minimum absolute atomic E-state index is 0.297. The first kappa shape index (κ1) is 20.5. The summed E-state index contributed by atoms with van der Waals surface area (Å²) < 4.78 is 0. The van der Waals surface area contributed by atoms with E-state index in [9.17, 15) is 9.59 Å². The van der Waals surface area contributed by atoms with Gasteiger partial charge in [0.1, 0.15) is 10.8 Å². The van der Waals surface area contributed by atoms with Crippen molar-refractivity contribution in [1.82, 2.24) is 9.97 Å². The largest absolute Gasteiger partial charge is 0.371 e. The second kappa shape index (κ2) is 8.61. The van der Waals surface area contributed by atoms with Gasteiger partial charge in [-0.05, 0) is 37.1 Å². The zero-order valence-electron chi connectivity index (χ0n) is 16.9. The lowest BCUT2D eigenvalue weighted by Crippen LogP contribution is -2.24. The Hall–Kier alpha value is -3.42. The number of fused-ring (bicyclic) bond motifs is 1. The summed E-state index contributed by atoms with van der Waals surface area (Å²) in [5.74, 6) is 0.342. The molecule has 0 atom stereocenters. The highest BCUT2D eigenvalue weighted by atomic mass is 35.5. The number of aromatic nitrogens is 2. The number of carbonyl (C=O) groups excluding carboxylic acids is 1. The first-order valence-electron chi connectivity index (χ1n) is 10.2. The third-order valence-corrected chi connectivity index (χ3v) is 6.46. The van der Waals surface area contributed by atoms with Gasteiger partial charge in [-0.2, -0.15) is 0 Å². The molecule has 2 aromatic heterocycles. The third kappa shape index (κ3) is 4.17. The van der Waals surface area contributed by atoms with Crippen LogP contribution in [0.2, 0.25) is 5.02 Å². The van der Waals surface area contributed by atoms with Crippen molar-refractivity contribution in [3.8, 4) is 21.8 Å². The van der Waals surface area contributed by atoms with Gasteiger partial charge in [-0.15, -0.1) is 11.3 Å². The molecule has 5 rings (SSSR count). The average molecular weight is 463 g/mol. The Morgan fingerprint density at radius 2 is 1.94 bits per heavy atom. The maximum Gasteiger partial charge on any atom is 0.256 e. The molecule has 0 saturated carbocycles. The number of thiazole rings is 1. The van der Waals surface area contributed by atoms with Crippen molar-refractivity contribution in [2.24, 2.45) is 0 Å². The Morgan fingerprint density at radius 1 is 1.09 bits per heavy atom. The van der Waals surface area contributed by atoms with Crippen LogP contribution in [-0.2, 0) is 6.42 Å². The number of hydrogen-bond acceptors (Lipinski definition) is 5. The fourth-order valence-electron chi connectivity index (χ4n) is 3.77. The number of H-pyrrole nitrogens is 1. The van der Waals surface area contributed by atoms with Crippen LogP contribution in [0.5, 0.6) is 0 Å². The summed E-state index contributed by atoms with van der Waals surface area (Å²) in [6.07, 6.45) is 1.66. The fraction of sp³-hybridized carbons (Fsp3) is 0.125. The van der Waals surface area contributed by atoms with E-state index in [2.05, 4.69) is 15.6 Å². The van der Waals surface area contributed by atoms with Crippen LogP contribution in [0.25, 0.3) is 21.8 Å². The van der Waals surface area contributed by atoms with E-state index >= 15 is 0 Å². The Labute approximate surface area is 193 Å². The van der Waals surface area contributed by atoms with Crippen LogP contribution in [0, 0.1) is 0 Å². The molecule has 2 aromatic carbocycles. The lowest BCUT2D eigenvalue weighted by molar-refractivity contribution is 0.102. The molecular weight excluding hydrogens is 444 g/mol. The molecule has 0 spiro atoms. The van der Waals surface area contributed by atoms with Crippen LogP contribution in [-0.4, -0.2) is 22.4 Å². The normalized spacial score (nSPS) is 12.7. The molecule has 160 valence electrons. The maximum absolute atomic E-state index is 13.0. The Bertz CT molecular complexity index is 1360. The molecule has 1 aliphatic rings. The van der Waals surface area contributed by atoms with Crippen molar-refractivity contribution in [3.05, 3.63) is 86.5 Å². The highest BCUT2D eigenvalue weighted by molar-refractivity contribution is 7.13. The topological polar surface area (TPSA) is 86.9 Å². The number of nitrogens with one attached hydrogen (secondary N) is 3. The number of rotatable bonds is 4. The number of carbonyl (C=O) groups is 1. The van der Waals surface area contributed by atoms with Gasteiger partial charge >= 0.3 is 0 Å². The van der Waals surface area contributed by atoms with E-state index in [0.717, 1.165) is 46.8 Å². The van der Waals surface area contributed by atoms with Crippen molar-refractivity contribution in [2.45, 2.75) is 12.8 Å².